The van der Waals surface area contributed by atoms with Crippen molar-refractivity contribution in [2.45, 2.75) is 13.0 Å². The third kappa shape index (κ3) is 5.19. The molecule has 0 bridgehead atoms. The van der Waals surface area contributed by atoms with Crippen LogP contribution in [0.2, 0.25) is 0 Å². The SMILES string of the molecule is C[C@@H](Oc1ccccc1)C(=O)Nc1ccc(NC(=O)c2ccccc2)cc1. The molecule has 0 radical (unpaired) electrons. The third-order valence-electron chi connectivity index (χ3n) is 3.87. The van der Waals surface area contributed by atoms with E-state index < -0.39 is 6.10 Å². The Morgan fingerprint density at radius 2 is 1.26 bits per heavy atom. The van der Waals surface area contributed by atoms with E-state index in [0.717, 1.165) is 0 Å². The molecule has 0 saturated carbocycles. The summed E-state index contributed by atoms with van der Waals surface area (Å²) in [6, 6.07) is 25.1. The van der Waals surface area contributed by atoms with Gasteiger partial charge in [-0.15, -0.1) is 0 Å². The average Bonchev–Trinajstić information content (AvgIpc) is 2.71. The molecule has 5 nitrogen and oxygen atoms in total. The van der Waals surface area contributed by atoms with Crippen LogP contribution in [0.4, 0.5) is 11.4 Å². The van der Waals surface area contributed by atoms with Crippen molar-refractivity contribution in [3.05, 3.63) is 90.5 Å². The van der Waals surface area contributed by atoms with Crippen LogP contribution in [0.3, 0.4) is 0 Å². The lowest BCUT2D eigenvalue weighted by atomic mass is 10.2. The predicted octanol–water partition coefficient (Wildman–Crippen LogP) is 4.34. The van der Waals surface area contributed by atoms with E-state index in [0.29, 0.717) is 22.7 Å². The molecule has 136 valence electrons. The van der Waals surface area contributed by atoms with Gasteiger partial charge < -0.3 is 15.4 Å². The van der Waals surface area contributed by atoms with Gasteiger partial charge >= 0.3 is 0 Å². The highest BCUT2D eigenvalue weighted by Gasteiger charge is 2.14. The Balaban J connectivity index is 1.55. The van der Waals surface area contributed by atoms with Crippen molar-refractivity contribution in [1.82, 2.24) is 0 Å². The Hall–Kier alpha value is -3.60. The maximum Gasteiger partial charge on any atom is 0.265 e. The standard InChI is InChI=1S/C22H20N2O3/c1-16(27-20-10-6-3-7-11-20)21(25)23-18-12-14-19(15-13-18)24-22(26)17-8-4-2-5-9-17/h2-16H,1H3,(H,23,25)(H,24,26)/t16-/m1/s1. The molecule has 0 spiro atoms. The summed E-state index contributed by atoms with van der Waals surface area (Å²) in [6.45, 7) is 1.69. The van der Waals surface area contributed by atoms with Crippen LogP contribution in [0.1, 0.15) is 17.3 Å². The van der Waals surface area contributed by atoms with Crippen LogP contribution in [0.15, 0.2) is 84.9 Å². The minimum atomic E-state index is -0.634. The first-order chi connectivity index (χ1) is 13.1. The number of hydrogen-bond acceptors (Lipinski definition) is 3. The highest BCUT2D eigenvalue weighted by Crippen LogP contribution is 2.16. The maximum atomic E-state index is 12.3. The summed E-state index contributed by atoms with van der Waals surface area (Å²) >= 11 is 0. The fourth-order valence-corrected chi connectivity index (χ4v) is 2.43. The predicted molar refractivity (Wildman–Crippen MR) is 106 cm³/mol. The molecule has 0 aliphatic carbocycles. The molecule has 3 rings (SSSR count). The molecule has 2 amide bonds. The summed E-state index contributed by atoms with van der Waals surface area (Å²) in [7, 11) is 0. The first-order valence-electron chi connectivity index (χ1n) is 8.61. The van der Waals surface area contributed by atoms with Crippen LogP contribution in [0.25, 0.3) is 0 Å². The summed E-state index contributed by atoms with van der Waals surface area (Å²) in [5.41, 5.74) is 1.86. The second-order valence-corrected chi connectivity index (χ2v) is 5.96. The van der Waals surface area contributed by atoms with Gasteiger partial charge in [-0.2, -0.15) is 0 Å². The van der Waals surface area contributed by atoms with Crippen LogP contribution in [-0.2, 0) is 4.79 Å². The van der Waals surface area contributed by atoms with Gasteiger partial charge in [0.25, 0.3) is 11.8 Å². The summed E-state index contributed by atoms with van der Waals surface area (Å²) in [5, 5.41) is 5.62. The lowest BCUT2D eigenvalue weighted by Crippen LogP contribution is -2.30. The van der Waals surface area contributed by atoms with E-state index >= 15 is 0 Å². The van der Waals surface area contributed by atoms with E-state index in [2.05, 4.69) is 10.6 Å². The van der Waals surface area contributed by atoms with Gasteiger partial charge in [0.1, 0.15) is 5.75 Å². The molecule has 2 N–H and O–H groups in total. The molecular weight excluding hydrogens is 340 g/mol. The topological polar surface area (TPSA) is 67.4 Å². The van der Waals surface area contributed by atoms with Crippen molar-refractivity contribution in [3.63, 3.8) is 0 Å². The van der Waals surface area contributed by atoms with Crippen LogP contribution in [-0.4, -0.2) is 17.9 Å². The Morgan fingerprint density at radius 1 is 0.741 bits per heavy atom. The average molecular weight is 360 g/mol. The van der Waals surface area contributed by atoms with Crippen LogP contribution >= 0.6 is 0 Å². The molecule has 5 heteroatoms. The van der Waals surface area contributed by atoms with Gasteiger partial charge in [0.2, 0.25) is 0 Å². The molecule has 0 heterocycles. The largest absolute Gasteiger partial charge is 0.481 e. The molecule has 0 fully saturated rings. The number of rotatable bonds is 6. The van der Waals surface area contributed by atoms with Gasteiger partial charge in [-0.25, -0.2) is 0 Å². The third-order valence-corrected chi connectivity index (χ3v) is 3.87. The molecule has 3 aromatic carbocycles. The van der Waals surface area contributed by atoms with E-state index in [4.69, 9.17) is 4.74 Å². The number of anilines is 2. The molecule has 1 atom stereocenters. The summed E-state index contributed by atoms with van der Waals surface area (Å²) in [5.74, 6) is 0.205. The number of amides is 2. The normalized spacial score (nSPS) is 11.3. The Labute approximate surface area is 158 Å². The van der Waals surface area contributed by atoms with Crippen molar-refractivity contribution in [2.75, 3.05) is 10.6 Å². The lowest BCUT2D eigenvalue weighted by Gasteiger charge is -2.15. The van der Waals surface area contributed by atoms with Crippen molar-refractivity contribution < 1.29 is 14.3 Å². The number of nitrogens with one attached hydrogen (secondary N) is 2. The fraction of sp³-hybridized carbons (Fsp3) is 0.0909. The first kappa shape index (κ1) is 18.2. The summed E-state index contributed by atoms with van der Waals surface area (Å²) < 4.78 is 5.60. The molecule has 0 aliphatic rings. The summed E-state index contributed by atoms with van der Waals surface area (Å²) in [6.07, 6.45) is -0.634. The number of carbonyl (C=O) groups is 2. The number of para-hydroxylation sites is 1. The van der Waals surface area contributed by atoms with Gasteiger partial charge in [-0.1, -0.05) is 36.4 Å². The van der Waals surface area contributed by atoms with Gasteiger partial charge in [0.15, 0.2) is 6.10 Å². The highest BCUT2D eigenvalue weighted by molar-refractivity contribution is 6.04. The Bertz CT molecular complexity index is 894. The van der Waals surface area contributed by atoms with E-state index in [9.17, 15) is 9.59 Å². The van der Waals surface area contributed by atoms with Crippen molar-refractivity contribution in [3.8, 4) is 5.75 Å². The second-order valence-electron chi connectivity index (χ2n) is 5.96. The first-order valence-corrected chi connectivity index (χ1v) is 8.61. The van der Waals surface area contributed by atoms with Gasteiger partial charge in [-0.05, 0) is 55.5 Å². The maximum absolute atomic E-state index is 12.3. The lowest BCUT2D eigenvalue weighted by molar-refractivity contribution is -0.122. The molecule has 27 heavy (non-hydrogen) atoms. The molecule has 3 aromatic rings. The van der Waals surface area contributed by atoms with E-state index in [-0.39, 0.29) is 11.8 Å². The Kier molecular flexibility index (Phi) is 5.84. The van der Waals surface area contributed by atoms with Gasteiger partial charge in [-0.3, -0.25) is 9.59 Å². The molecule has 0 saturated heterocycles. The monoisotopic (exact) mass is 360 g/mol. The Morgan fingerprint density at radius 3 is 1.85 bits per heavy atom. The molecule has 0 unspecified atom stereocenters. The van der Waals surface area contributed by atoms with Crippen molar-refractivity contribution in [1.29, 1.82) is 0 Å². The van der Waals surface area contributed by atoms with E-state index in [1.54, 1.807) is 55.5 Å². The number of ether oxygens (including phenoxy) is 1. The highest BCUT2D eigenvalue weighted by atomic mass is 16.5. The van der Waals surface area contributed by atoms with E-state index in [1.807, 2.05) is 36.4 Å². The van der Waals surface area contributed by atoms with E-state index in [1.165, 1.54) is 0 Å². The molecule has 0 aliphatic heterocycles. The zero-order chi connectivity index (χ0) is 19.1. The van der Waals surface area contributed by atoms with Gasteiger partial charge in [0.05, 0.1) is 0 Å². The van der Waals surface area contributed by atoms with Gasteiger partial charge in [0, 0.05) is 16.9 Å². The number of benzene rings is 3. The quantitative estimate of drug-likeness (QED) is 0.687. The zero-order valence-electron chi connectivity index (χ0n) is 14.9. The van der Waals surface area contributed by atoms with Crippen LogP contribution < -0.4 is 15.4 Å². The smallest absolute Gasteiger partial charge is 0.265 e. The molecular formula is C22H20N2O3. The second kappa shape index (κ2) is 8.67. The molecule has 0 aromatic heterocycles. The number of hydrogen-bond donors (Lipinski definition) is 2. The zero-order valence-corrected chi connectivity index (χ0v) is 14.9. The fourth-order valence-electron chi connectivity index (χ4n) is 2.43. The van der Waals surface area contributed by atoms with Crippen LogP contribution in [0, 0.1) is 0 Å². The minimum absolute atomic E-state index is 0.183. The number of carbonyl (C=O) groups excluding carboxylic acids is 2. The minimum Gasteiger partial charge on any atom is -0.481 e. The van der Waals surface area contributed by atoms with Crippen molar-refractivity contribution >= 4 is 23.2 Å². The summed E-state index contributed by atoms with van der Waals surface area (Å²) in [4.78, 5) is 24.4. The van der Waals surface area contributed by atoms with Crippen LogP contribution in [0.5, 0.6) is 5.75 Å². The van der Waals surface area contributed by atoms with Crippen molar-refractivity contribution in [2.24, 2.45) is 0 Å².